The summed E-state index contributed by atoms with van der Waals surface area (Å²) in [5.41, 5.74) is 0.0446. The van der Waals surface area contributed by atoms with Crippen molar-refractivity contribution >= 4 is 18.1 Å². The van der Waals surface area contributed by atoms with Crippen LogP contribution in [0.5, 0.6) is 5.75 Å². The average molecular weight is 334 g/mol. The quantitative estimate of drug-likeness (QED) is 0.608. The second kappa shape index (κ2) is 5.70. The van der Waals surface area contributed by atoms with Gasteiger partial charge in [-0.15, -0.1) is 5.01 Å². The molecule has 24 heavy (non-hydrogen) atoms. The molecular weight excluding hydrogens is 316 g/mol. The number of rotatable bonds is 2. The highest BCUT2D eigenvalue weighted by atomic mass is 16.7. The first-order valence-electron chi connectivity index (χ1n) is 7.66. The zero-order valence-corrected chi connectivity index (χ0v) is 13.9. The van der Waals surface area contributed by atoms with E-state index in [4.69, 9.17) is 18.9 Å². The summed E-state index contributed by atoms with van der Waals surface area (Å²) in [6, 6.07) is 3.65. The summed E-state index contributed by atoms with van der Waals surface area (Å²) in [7, 11) is 0. The van der Waals surface area contributed by atoms with Crippen molar-refractivity contribution in [1.82, 2.24) is 5.01 Å². The van der Waals surface area contributed by atoms with Crippen LogP contribution in [-0.2, 0) is 24.7 Å². The lowest BCUT2D eigenvalue weighted by atomic mass is 9.96. The van der Waals surface area contributed by atoms with E-state index in [2.05, 4.69) is 5.10 Å². The van der Waals surface area contributed by atoms with Crippen LogP contribution in [-0.4, -0.2) is 36.4 Å². The van der Waals surface area contributed by atoms with Gasteiger partial charge in [0.25, 0.3) is 0 Å². The topological polar surface area (TPSA) is 86.7 Å². The average Bonchev–Trinajstić information content (AvgIpc) is 3.05. The van der Waals surface area contributed by atoms with Gasteiger partial charge in [0.2, 0.25) is 0 Å². The van der Waals surface area contributed by atoms with Gasteiger partial charge in [-0.2, -0.15) is 0 Å². The van der Waals surface area contributed by atoms with Crippen molar-refractivity contribution in [2.24, 2.45) is 5.10 Å². The highest BCUT2D eigenvalue weighted by Crippen LogP contribution is 2.49. The van der Waals surface area contributed by atoms with Gasteiger partial charge in [0.05, 0.1) is 18.8 Å². The van der Waals surface area contributed by atoms with Crippen LogP contribution in [0.3, 0.4) is 0 Å². The van der Waals surface area contributed by atoms with Gasteiger partial charge in [0.15, 0.2) is 0 Å². The van der Waals surface area contributed by atoms with Crippen LogP contribution in [0.2, 0.25) is 0 Å². The van der Waals surface area contributed by atoms with Gasteiger partial charge >= 0.3 is 23.9 Å². The Morgan fingerprint density at radius 1 is 1.25 bits per heavy atom. The molecule has 0 N–H and O–H groups in total. The van der Waals surface area contributed by atoms with Gasteiger partial charge in [-0.05, 0) is 38.8 Å². The number of hydrogen-bond acceptors (Lipinski definition) is 7. The predicted octanol–water partition coefficient (Wildman–Crippen LogP) is 2.17. The number of aryl methyl sites for hydroxylation is 2. The fourth-order valence-electron chi connectivity index (χ4n) is 2.76. The second-order valence-electron chi connectivity index (χ2n) is 5.35. The third kappa shape index (κ3) is 2.10. The number of carbonyl (C=O) groups excluding carboxylic acids is 2. The molecule has 0 aromatic heterocycles. The van der Waals surface area contributed by atoms with Crippen molar-refractivity contribution < 1.29 is 28.5 Å². The van der Waals surface area contributed by atoms with E-state index in [1.54, 1.807) is 27.7 Å². The van der Waals surface area contributed by atoms with Crippen LogP contribution in [0, 0.1) is 13.8 Å². The van der Waals surface area contributed by atoms with E-state index in [-0.39, 0.29) is 19.3 Å². The minimum atomic E-state index is -1.86. The molecule has 0 radical (unpaired) electrons. The van der Waals surface area contributed by atoms with E-state index < -0.39 is 17.8 Å². The highest BCUT2D eigenvalue weighted by Gasteiger charge is 2.65. The Kier molecular flexibility index (Phi) is 3.82. The standard InChI is InChI=1S/C16H18N2O6/c1-5-21-14-17-18(15(20)22-6-2)16(24-14)11-9(3)7-8-10(4)12(11)23-13(16)19/h7-8H,5-6H2,1-4H3. The molecule has 2 heterocycles. The summed E-state index contributed by atoms with van der Waals surface area (Å²) >= 11 is 0. The molecule has 0 bridgehead atoms. The largest absolute Gasteiger partial charge is 0.450 e. The lowest BCUT2D eigenvalue weighted by Gasteiger charge is -2.27. The Bertz CT molecular complexity index is 744. The number of esters is 1. The zero-order valence-electron chi connectivity index (χ0n) is 13.9. The predicted molar refractivity (Wildman–Crippen MR) is 82.2 cm³/mol. The second-order valence-corrected chi connectivity index (χ2v) is 5.35. The molecule has 1 aromatic carbocycles. The lowest BCUT2D eigenvalue weighted by molar-refractivity contribution is -0.164. The Hall–Kier alpha value is -2.77. The molecule has 1 atom stereocenters. The molecule has 8 nitrogen and oxygen atoms in total. The lowest BCUT2D eigenvalue weighted by Crippen LogP contribution is -2.50. The van der Waals surface area contributed by atoms with Crippen LogP contribution in [0.1, 0.15) is 30.5 Å². The highest BCUT2D eigenvalue weighted by molar-refractivity contribution is 5.96. The van der Waals surface area contributed by atoms with E-state index in [1.807, 2.05) is 12.1 Å². The normalized spacial score (nSPS) is 21.2. The number of nitrogens with zero attached hydrogens (tertiary/aromatic N) is 2. The van der Waals surface area contributed by atoms with Gasteiger partial charge in [0.1, 0.15) is 5.75 Å². The van der Waals surface area contributed by atoms with E-state index >= 15 is 0 Å². The first-order valence-corrected chi connectivity index (χ1v) is 7.66. The number of benzene rings is 1. The van der Waals surface area contributed by atoms with Crippen LogP contribution >= 0.6 is 0 Å². The van der Waals surface area contributed by atoms with E-state index in [9.17, 15) is 9.59 Å². The molecule has 3 rings (SSSR count). The summed E-state index contributed by atoms with van der Waals surface area (Å²) in [4.78, 5) is 25.1. The maximum absolute atomic E-state index is 12.7. The summed E-state index contributed by atoms with van der Waals surface area (Å²) in [6.45, 7) is 7.39. The van der Waals surface area contributed by atoms with Crippen molar-refractivity contribution in [2.45, 2.75) is 33.4 Å². The van der Waals surface area contributed by atoms with Gasteiger partial charge in [-0.3, -0.25) is 0 Å². The Labute approximate surface area is 138 Å². The van der Waals surface area contributed by atoms with Gasteiger partial charge in [0, 0.05) is 0 Å². The van der Waals surface area contributed by atoms with Crippen LogP contribution in [0.25, 0.3) is 0 Å². The SMILES string of the molecule is CCOC(=O)N1N=C(OCC)OC12C(=O)Oc1c(C)ccc(C)c12. The van der Waals surface area contributed by atoms with Gasteiger partial charge < -0.3 is 18.9 Å². The number of hydrogen-bond donors (Lipinski definition) is 0. The molecule has 2 aliphatic rings. The Morgan fingerprint density at radius 2 is 1.96 bits per heavy atom. The summed E-state index contributed by atoms with van der Waals surface area (Å²) in [5, 5.41) is 4.83. The summed E-state index contributed by atoms with van der Waals surface area (Å²) < 4.78 is 21.3. The Balaban J connectivity index is 2.17. The fourth-order valence-corrected chi connectivity index (χ4v) is 2.76. The molecule has 128 valence electrons. The maximum Gasteiger partial charge on any atom is 0.435 e. The summed E-state index contributed by atoms with van der Waals surface area (Å²) in [6.07, 6.45) is -1.01. The molecule has 1 amide bonds. The van der Waals surface area contributed by atoms with E-state index in [0.717, 1.165) is 16.1 Å². The molecule has 2 aliphatic heterocycles. The molecule has 1 spiro atoms. The van der Waals surface area contributed by atoms with Crippen LogP contribution in [0.15, 0.2) is 17.2 Å². The third-order valence-electron chi connectivity index (χ3n) is 3.80. The molecular formula is C16H18N2O6. The minimum Gasteiger partial charge on any atom is -0.450 e. The minimum absolute atomic E-state index is 0.125. The van der Waals surface area contributed by atoms with Crippen LogP contribution in [0.4, 0.5) is 4.79 Å². The maximum atomic E-state index is 12.7. The van der Waals surface area contributed by atoms with Crippen molar-refractivity contribution in [3.63, 3.8) is 0 Å². The molecule has 0 aliphatic carbocycles. The molecule has 1 aromatic rings. The number of fused-ring (bicyclic) bond motifs is 2. The summed E-state index contributed by atoms with van der Waals surface area (Å²) in [5.74, 6) is -0.399. The monoisotopic (exact) mass is 334 g/mol. The number of hydrazone groups is 1. The Morgan fingerprint density at radius 3 is 2.62 bits per heavy atom. The van der Waals surface area contributed by atoms with Crippen LogP contribution < -0.4 is 4.74 Å². The first kappa shape index (κ1) is 16.1. The first-order chi connectivity index (χ1) is 11.5. The van der Waals surface area contributed by atoms with Crippen molar-refractivity contribution in [3.05, 3.63) is 28.8 Å². The smallest absolute Gasteiger partial charge is 0.435 e. The fraction of sp³-hybridized carbons (Fsp3) is 0.438. The van der Waals surface area contributed by atoms with Gasteiger partial charge in [-0.25, -0.2) is 9.59 Å². The van der Waals surface area contributed by atoms with E-state index in [0.29, 0.717) is 11.3 Å². The molecule has 8 heteroatoms. The van der Waals surface area contributed by atoms with Gasteiger partial charge in [-0.1, -0.05) is 17.2 Å². The number of ether oxygens (including phenoxy) is 4. The molecule has 0 saturated heterocycles. The number of carbonyl (C=O) groups is 2. The molecule has 0 fully saturated rings. The molecule has 0 saturated carbocycles. The molecule has 1 unspecified atom stereocenters. The van der Waals surface area contributed by atoms with Crippen molar-refractivity contribution in [1.29, 1.82) is 0 Å². The van der Waals surface area contributed by atoms with Crippen molar-refractivity contribution in [2.75, 3.05) is 13.2 Å². The third-order valence-corrected chi connectivity index (χ3v) is 3.80. The zero-order chi connectivity index (χ0) is 17.5. The van der Waals surface area contributed by atoms with Crippen molar-refractivity contribution in [3.8, 4) is 5.75 Å². The number of amides is 1. The van der Waals surface area contributed by atoms with E-state index in [1.165, 1.54) is 0 Å².